The van der Waals surface area contributed by atoms with Gasteiger partial charge in [0.2, 0.25) is 0 Å². The minimum atomic E-state index is -0.462. The van der Waals surface area contributed by atoms with Crippen LogP contribution in [0.2, 0.25) is 0 Å². The van der Waals surface area contributed by atoms with Crippen LogP contribution in [-0.4, -0.2) is 30.7 Å². The van der Waals surface area contributed by atoms with Crippen molar-refractivity contribution < 1.29 is 9.84 Å². The molecular weight excluding hydrogens is 262 g/mol. The molecule has 0 amide bonds. The molecule has 0 radical (unpaired) electrons. The molecular formula is C18H23NO2. The average Bonchev–Trinajstić information content (AvgIpc) is 2.48. The van der Waals surface area contributed by atoms with Gasteiger partial charge in [-0.3, -0.25) is 4.90 Å². The molecule has 0 aliphatic rings. The molecule has 0 bridgehead atoms. The van der Waals surface area contributed by atoms with Crippen molar-refractivity contribution in [3.05, 3.63) is 65.2 Å². The second-order valence-electron chi connectivity index (χ2n) is 5.43. The minimum absolute atomic E-state index is 0.462. The lowest BCUT2D eigenvalue weighted by Gasteiger charge is -2.21. The zero-order valence-corrected chi connectivity index (χ0v) is 12.9. The Balaban J connectivity index is 1.95. The molecule has 21 heavy (non-hydrogen) atoms. The molecule has 3 nitrogen and oxygen atoms in total. The number of rotatable bonds is 6. The Bertz CT molecular complexity index is 569. The largest absolute Gasteiger partial charge is 0.496 e. The van der Waals surface area contributed by atoms with E-state index in [4.69, 9.17) is 4.74 Å². The monoisotopic (exact) mass is 285 g/mol. The molecule has 2 aromatic carbocycles. The summed E-state index contributed by atoms with van der Waals surface area (Å²) in [6.07, 6.45) is -0.462. The van der Waals surface area contributed by atoms with Crippen molar-refractivity contribution in [3.8, 4) is 5.75 Å². The number of methoxy groups -OCH3 is 1. The van der Waals surface area contributed by atoms with E-state index in [1.54, 1.807) is 7.11 Å². The highest BCUT2D eigenvalue weighted by Crippen LogP contribution is 2.20. The average molecular weight is 285 g/mol. The molecule has 0 fully saturated rings. The SMILES string of the molecule is COc1ccc(CN(C)CC(O)c2ccccc2)cc1C. The molecule has 112 valence electrons. The molecule has 2 rings (SSSR count). The number of aliphatic hydroxyl groups excluding tert-OH is 1. The summed E-state index contributed by atoms with van der Waals surface area (Å²) >= 11 is 0. The Morgan fingerprint density at radius 1 is 1.14 bits per heavy atom. The number of benzene rings is 2. The van der Waals surface area contributed by atoms with Crippen molar-refractivity contribution in [2.75, 3.05) is 20.7 Å². The van der Waals surface area contributed by atoms with Crippen LogP contribution in [0.15, 0.2) is 48.5 Å². The predicted molar refractivity (Wildman–Crippen MR) is 85.5 cm³/mol. The van der Waals surface area contributed by atoms with Crippen LogP contribution in [0.1, 0.15) is 22.8 Å². The molecule has 3 heteroatoms. The fraction of sp³-hybridized carbons (Fsp3) is 0.333. The van der Waals surface area contributed by atoms with Crippen molar-refractivity contribution >= 4 is 0 Å². The fourth-order valence-corrected chi connectivity index (χ4v) is 2.49. The smallest absolute Gasteiger partial charge is 0.121 e. The Morgan fingerprint density at radius 3 is 2.48 bits per heavy atom. The van der Waals surface area contributed by atoms with Crippen molar-refractivity contribution in [1.82, 2.24) is 4.90 Å². The Morgan fingerprint density at radius 2 is 1.86 bits per heavy atom. The van der Waals surface area contributed by atoms with Crippen LogP contribution >= 0.6 is 0 Å². The number of ether oxygens (including phenoxy) is 1. The normalized spacial score (nSPS) is 12.4. The quantitative estimate of drug-likeness (QED) is 0.885. The molecule has 0 saturated carbocycles. The zero-order valence-electron chi connectivity index (χ0n) is 12.9. The second-order valence-corrected chi connectivity index (χ2v) is 5.43. The van der Waals surface area contributed by atoms with Gasteiger partial charge in [-0.05, 0) is 36.7 Å². The third-order valence-electron chi connectivity index (χ3n) is 3.58. The zero-order chi connectivity index (χ0) is 15.2. The van der Waals surface area contributed by atoms with Gasteiger partial charge in [0.15, 0.2) is 0 Å². The summed E-state index contributed by atoms with van der Waals surface area (Å²) in [5.41, 5.74) is 3.30. The molecule has 0 aliphatic carbocycles. The van der Waals surface area contributed by atoms with Crippen LogP contribution in [0.25, 0.3) is 0 Å². The van der Waals surface area contributed by atoms with E-state index in [1.807, 2.05) is 50.4 Å². The maximum Gasteiger partial charge on any atom is 0.121 e. The Hall–Kier alpha value is -1.84. The van der Waals surface area contributed by atoms with Crippen molar-refractivity contribution in [2.45, 2.75) is 19.6 Å². The number of aliphatic hydroxyl groups is 1. The summed E-state index contributed by atoms with van der Waals surface area (Å²) in [7, 11) is 3.70. The van der Waals surface area contributed by atoms with E-state index in [0.29, 0.717) is 6.54 Å². The van der Waals surface area contributed by atoms with Gasteiger partial charge in [-0.2, -0.15) is 0 Å². The Labute approximate surface area is 126 Å². The van der Waals surface area contributed by atoms with E-state index < -0.39 is 6.10 Å². The first-order chi connectivity index (χ1) is 10.1. The summed E-state index contributed by atoms with van der Waals surface area (Å²) in [4.78, 5) is 2.12. The lowest BCUT2D eigenvalue weighted by atomic mass is 10.1. The van der Waals surface area contributed by atoms with E-state index in [1.165, 1.54) is 5.56 Å². The standard InChI is InChI=1S/C18H23NO2/c1-14-11-15(9-10-18(14)21-3)12-19(2)13-17(20)16-7-5-4-6-8-16/h4-11,17,20H,12-13H2,1-3H3. The van der Waals surface area contributed by atoms with Gasteiger partial charge in [0.05, 0.1) is 13.2 Å². The molecule has 1 atom stereocenters. The number of nitrogens with zero attached hydrogens (tertiary/aromatic N) is 1. The van der Waals surface area contributed by atoms with Crippen LogP contribution in [0.3, 0.4) is 0 Å². The van der Waals surface area contributed by atoms with Gasteiger partial charge >= 0.3 is 0 Å². The van der Waals surface area contributed by atoms with Crippen molar-refractivity contribution in [3.63, 3.8) is 0 Å². The van der Waals surface area contributed by atoms with Crippen LogP contribution in [0.5, 0.6) is 5.75 Å². The first kappa shape index (κ1) is 15.5. The highest BCUT2D eigenvalue weighted by molar-refractivity contribution is 5.36. The molecule has 1 unspecified atom stereocenters. The van der Waals surface area contributed by atoms with Crippen LogP contribution < -0.4 is 4.74 Å². The van der Waals surface area contributed by atoms with Crippen LogP contribution in [0, 0.1) is 6.92 Å². The number of hydrogen-bond acceptors (Lipinski definition) is 3. The Kier molecular flexibility index (Phi) is 5.37. The lowest BCUT2D eigenvalue weighted by molar-refractivity contribution is 0.124. The summed E-state index contributed by atoms with van der Waals surface area (Å²) < 4.78 is 5.27. The fourth-order valence-electron chi connectivity index (χ4n) is 2.49. The van der Waals surface area contributed by atoms with E-state index in [-0.39, 0.29) is 0 Å². The number of hydrogen-bond donors (Lipinski definition) is 1. The first-order valence-corrected chi connectivity index (χ1v) is 7.15. The highest BCUT2D eigenvalue weighted by Gasteiger charge is 2.11. The highest BCUT2D eigenvalue weighted by atomic mass is 16.5. The van der Waals surface area contributed by atoms with Gasteiger partial charge in [0.1, 0.15) is 5.75 Å². The van der Waals surface area contributed by atoms with Gasteiger partial charge in [-0.15, -0.1) is 0 Å². The van der Waals surface area contributed by atoms with E-state index >= 15 is 0 Å². The molecule has 0 aliphatic heterocycles. The maximum absolute atomic E-state index is 10.2. The van der Waals surface area contributed by atoms with Gasteiger partial charge in [-0.1, -0.05) is 42.5 Å². The molecule has 0 heterocycles. The van der Waals surface area contributed by atoms with Gasteiger partial charge < -0.3 is 9.84 Å². The third-order valence-corrected chi connectivity index (χ3v) is 3.58. The van der Waals surface area contributed by atoms with Crippen LogP contribution in [0.4, 0.5) is 0 Å². The van der Waals surface area contributed by atoms with E-state index in [0.717, 1.165) is 23.4 Å². The van der Waals surface area contributed by atoms with E-state index in [2.05, 4.69) is 17.0 Å². The molecule has 0 spiro atoms. The second kappa shape index (κ2) is 7.25. The van der Waals surface area contributed by atoms with Crippen molar-refractivity contribution in [2.24, 2.45) is 0 Å². The number of likely N-dealkylation sites (N-methyl/N-ethyl adjacent to an activating group) is 1. The van der Waals surface area contributed by atoms with E-state index in [9.17, 15) is 5.11 Å². The first-order valence-electron chi connectivity index (χ1n) is 7.15. The van der Waals surface area contributed by atoms with Gasteiger partial charge in [-0.25, -0.2) is 0 Å². The number of aryl methyl sites for hydroxylation is 1. The lowest BCUT2D eigenvalue weighted by Crippen LogP contribution is -2.24. The van der Waals surface area contributed by atoms with Gasteiger partial charge in [0, 0.05) is 13.1 Å². The van der Waals surface area contributed by atoms with Gasteiger partial charge in [0.25, 0.3) is 0 Å². The minimum Gasteiger partial charge on any atom is -0.496 e. The van der Waals surface area contributed by atoms with Crippen molar-refractivity contribution in [1.29, 1.82) is 0 Å². The summed E-state index contributed by atoms with van der Waals surface area (Å²) in [6, 6.07) is 16.0. The topological polar surface area (TPSA) is 32.7 Å². The molecule has 1 N–H and O–H groups in total. The third kappa shape index (κ3) is 4.31. The summed E-state index contributed by atoms with van der Waals surface area (Å²) in [5.74, 6) is 0.908. The molecule has 0 saturated heterocycles. The molecule has 2 aromatic rings. The molecule has 0 aromatic heterocycles. The summed E-state index contributed by atoms with van der Waals surface area (Å²) in [5, 5.41) is 10.2. The predicted octanol–water partition coefficient (Wildman–Crippen LogP) is 3.17. The maximum atomic E-state index is 10.2. The summed E-state index contributed by atoms with van der Waals surface area (Å²) in [6.45, 7) is 3.45. The van der Waals surface area contributed by atoms with Crippen LogP contribution in [-0.2, 0) is 6.54 Å².